The van der Waals surface area contributed by atoms with Crippen LogP contribution < -0.4 is 5.73 Å². The van der Waals surface area contributed by atoms with Gasteiger partial charge in [0, 0.05) is 29.4 Å². The Morgan fingerprint density at radius 1 is 1.00 bits per heavy atom. The van der Waals surface area contributed by atoms with Gasteiger partial charge >= 0.3 is 0 Å². The lowest BCUT2D eigenvalue weighted by atomic mass is 10.1. The number of rotatable bonds is 0. The van der Waals surface area contributed by atoms with Crippen molar-refractivity contribution in [2.45, 2.75) is 0 Å². The highest BCUT2D eigenvalue weighted by Crippen LogP contribution is 2.35. The Hall–Kier alpha value is -2.36. The van der Waals surface area contributed by atoms with E-state index < -0.39 is 0 Å². The van der Waals surface area contributed by atoms with Crippen molar-refractivity contribution in [3.05, 3.63) is 30.3 Å². The summed E-state index contributed by atoms with van der Waals surface area (Å²) in [5.41, 5.74) is 8.27. The fourth-order valence-electron chi connectivity index (χ4n) is 2.37. The summed E-state index contributed by atoms with van der Waals surface area (Å²) in [6.07, 6.45) is 0. The molecule has 3 aromatic rings. The van der Waals surface area contributed by atoms with E-state index in [-0.39, 0.29) is 11.5 Å². The summed E-state index contributed by atoms with van der Waals surface area (Å²) in [7, 11) is 1.91. The summed E-state index contributed by atoms with van der Waals surface area (Å²) >= 11 is 0. The third-order valence-corrected chi connectivity index (χ3v) is 3.09. The number of benzene rings is 2. The smallest absolute Gasteiger partial charge is 0.118 e. The monoisotopic (exact) mass is 228 g/mol. The molecule has 2 aromatic carbocycles. The van der Waals surface area contributed by atoms with Crippen molar-refractivity contribution in [2.75, 3.05) is 5.73 Å². The summed E-state index contributed by atoms with van der Waals surface area (Å²) in [5.74, 6) is 0.331. The summed E-state index contributed by atoms with van der Waals surface area (Å²) in [5, 5.41) is 20.9. The highest BCUT2D eigenvalue weighted by molar-refractivity contribution is 6.12. The number of aryl methyl sites for hydroxylation is 1. The molecule has 4 heteroatoms. The SMILES string of the molecule is Cn1c2ccc(O)cc2c2cc(O)cc(N)c21. The summed E-state index contributed by atoms with van der Waals surface area (Å²) in [4.78, 5) is 0. The van der Waals surface area contributed by atoms with Crippen molar-refractivity contribution >= 4 is 27.5 Å². The number of hydrogen-bond acceptors (Lipinski definition) is 3. The third kappa shape index (κ3) is 1.24. The molecule has 4 N–H and O–H groups in total. The van der Waals surface area contributed by atoms with Crippen LogP contribution in [0.1, 0.15) is 0 Å². The minimum Gasteiger partial charge on any atom is -0.508 e. The topological polar surface area (TPSA) is 71.4 Å². The predicted octanol–water partition coefficient (Wildman–Crippen LogP) is 2.32. The van der Waals surface area contributed by atoms with Gasteiger partial charge in [0.1, 0.15) is 11.5 Å². The predicted molar refractivity (Wildman–Crippen MR) is 68.2 cm³/mol. The van der Waals surface area contributed by atoms with Gasteiger partial charge in [-0.1, -0.05) is 0 Å². The Morgan fingerprint density at radius 3 is 2.47 bits per heavy atom. The summed E-state index contributed by atoms with van der Waals surface area (Å²) < 4.78 is 1.96. The Balaban J connectivity index is 2.64. The first-order chi connectivity index (χ1) is 8.08. The van der Waals surface area contributed by atoms with Crippen LogP contribution in [0.15, 0.2) is 30.3 Å². The molecule has 17 heavy (non-hydrogen) atoms. The van der Waals surface area contributed by atoms with Gasteiger partial charge in [0.25, 0.3) is 0 Å². The minimum absolute atomic E-state index is 0.130. The first-order valence-corrected chi connectivity index (χ1v) is 5.27. The lowest BCUT2D eigenvalue weighted by Crippen LogP contribution is -1.92. The van der Waals surface area contributed by atoms with Crippen LogP contribution in [-0.4, -0.2) is 14.8 Å². The molecule has 0 aliphatic carbocycles. The van der Waals surface area contributed by atoms with Crippen molar-refractivity contribution in [1.82, 2.24) is 4.57 Å². The average Bonchev–Trinajstić information content (AvgIpc) is 2.52. The van der Waals surface area contributed by atoms with Gasteiger partial charge in [-0.3, -0.25) is 0 Å². The standard InChI is InChI=1S/C13H12N2O2/c1-15-12-3-2-7(16)4-9(12)10-5-8(17)6-11(14)13(10)15/h2-6,16-17H,14H2,1H3. The number of aromatic nitrogens is 1. The Bertz CT molecular complexity index is 744. The van der Waals surface area contributed by atoms with Crippen LogP contribution in [0.3, 0.4) is 0 Å². The van der Waals surface area contributed by atoms with E-state index >= 15 is 0 Å². The van der Waals surface area contributed by atoms with E-state index in [1.165, 1.54) is 6.07 Å². The molecule has 0 fully saturated rings. The van der Waals surface area contributed by atoms with E-state index in [9.17, 15) is 10.2 Å². The Kier molecular flexibility index (Phi) is 1.78. The van der Waals surface area contributed by atoms with E-state index in [4.69, 9.17) is 5.73 Å². The molecule has 0 unspecified atom stereocenters. The van der Waals surface area contributed by atoms with Crippen LogP contribution in [0.25, 0.3) is 21.8 Å². The molecule has 0 radical (unpaired) electrons. The second kappa shape index (κ2) is 3.07. The van der Waals surface area contributed by atoms with E-state index in [1.807, 2.05) is 17.7 Å². The number of nitrogens with two attached hydrogens (primary N) is 1. The lowest BCUT2D eigenvalue weighted by molar-refractivity contribution is 0.475. The Morgan fingerprint density at radius 2 is 1.71 bits per heavy atom. The quantitative estimate of drug-likeness (QED) is 0.517. The van der Waals surface area contributed by atoms with E-state index in [0.717, 1.165) is 21.8 Å². The van der Waals surface area contributed by atoms with Gasteiger partial charge in [0.05, 0.1) is 11.2 Å². The molecule has 0 atom stereocenters. The molecule has 0 saturated carbocycles. The van der Waals surface area contributed by atoms with E-state index in [2.05, 4.69) is 0 Å². The number of nitrogen functional groups attached to an aromatic ring is 1. The molecular weight excluding hydrogens is 216 g/mol. The number of phenolic OH excluding ortho intramolecular Hbond substituents is 2. The molecule has 0 spiro atoms. The highest BCUT2D eigenvalue weighted by atomic mass is 16.3. The van der Waals surface area contributed by atoms with Crippen LogP contribution in [-0.2, 0) is 7.05 Å². The summed E-state index contributed by atoms with van der Waals surface area (Å²) in [6, 6.07) is 8.34. The molecule has 4 nitrogen and oxygen atoms in total. The van der Waals surface area contributed by atoms with Crippen LogP contribution in [0.4, 0.5) is 5.69 Å². The van der Waals surface area contributed by atoms with Crippen molar-refractivity contribution in [3.8, 4) is 11.5 Å². The van der Waals surface area contributed by atoms with Gasteiger partial charge in [-0.25, -0.2) is 0 Å². The van der Waals surface area contributed by atoms with Crippen molar-refractivity contribution in [2.24, 2.45) is 7.05 Å². The van der Waals surface area contributed by atoms with E-state index in [0.29, 0.717) is 5.69 Å². The molecule has 0 saturated heterocycles. The van der Waals surface area contributed by atoms with Gasteiger partial charge in [-0.15, -0.1) is 0 Å². The number of nitrogens with zero attached hydrogens (tertiary/aromatic N) is 1. The number of hydrogen-bond donors (Lipinski definition) is 3. The van der Waals surface area contributed by atoms with Crippen molar-refractivity contribution < 1.29 is 10.2 Å². The van der Waals surface area contributed by atoms with Gasteiger partial charge in [-0.05, 0) is 24.3 Å². The van der Waals surface area contributed by atoms with E-state index in [1.54, 1.807) is 18.2 Å². The zero-order valence-electron chi connectivity index (χ0n) is 9.31. The Labute approximate surface area is 97.5 Å². The molecule has 1 aromatic heterocycles. The van der Waals surface area contributed by atoms with Crippen molar-refractivity contribution in [3.63, 3.8) is 0 Å². The maximum Gasteiger partial charge on any atom is 0.118 e. The van der Waals surface area contributed by atoms with Crippen molar-refractivity contribution in [1.29, 1.82) is 0 Å². The summed E-state index contributed by atoms with van der Waals surface area (Å²) in [6.45, 7) is 0. The second-order valence-corrected chi connectivity index (χ2v) is 4.19. The fraction of sp³-hybridized carbons (Fsp3) is 0.0769. The average molecular weight is 228 g/mol. The third-order valence-electron chi connectivity index (χ3n) is 3.09. The van der Waals surface area contributed by atoms with Crippen LogP contribution in [0, 0.1) is 0 Å². The van der Waals surface area contributed by atoms with Gasteiger partial charge in [0.2, 0.25) is 0 Å². The first-order valence-electron chi connectivity index (χ1n) is 5.27. The number of anilines is 1. The van der Waals surface area contributed by atoms with Gasteiger partial charge in [-0.2, -0.15) is 0 Å². The van der Waals surface area contributed by atoms with Crippen LogP contribution >= 0.6 is 0 Å². The largest absolute Gasteiger partial charge is 0.508 e. The van der Waals surface area contributed by atoms with Gasteiger partial charge in [0.15, 0.2) is 0 Å². The number of aromatic hydroxyl groups is 2. The molecule has 0 bridgehead atoms. The van der Waals surface area contributed by atoms with Crippen LogP contribution in [0.5, 0.6) is 11.5 Å². The molecule has 3 rings (SSSR count). The highest BCUT2D eigenvalue weighted by Gasteiger charge is 2.12. The maximum atomic E-state index is 9.60. The first kappa shape index (κ1) is 9.84. The van der Waals surface area contributed by atoms with Gasteiger partial charge < -0.3 is 20.5 Å². The molecule has 86 valence electrons. The minimum atomic E-state index is 0.130. The molecule has 0 aliphatic heterocycles. The number of fused-ring (bicyclic) bond motifs is 3. The maximum absolute atomic E-state index is 9.60. The number of phenols is 2. The molecular formula is C13H12N2O2. The van der Waals surface area contributed by atoms with Crippen LogP contribution in [0.2, 0.25) is 0 Å². The zero-order valence-corrected chi connectivity index (χ0v) is 9.31. The second-order valence-electron chi connectivity index (χ2n) is 4.19. The molecule has 1 heterocycles. The normalized spacial score (nSPS) is 11.4. The fourth-order valence-corrected chi connectivity index (χ4v) is 2.37. The lowest BCUT2D eigenvalue weighted by Gasteiger charge is -2.02. The zero-order chi connectivity index (χ0) is 12.2. The molecule has 0 aliphatic rings. The molecule has 0 amide bonds.